The lowest BCUT2D eigenvalue weighted by Crippen LogP contribution is -2.25. The van der Waals surface area contributed by atoms with Gasteiger partial charge in [0, 0.05) is 23.5 Å². The van der Waals surface area contributed by atoms with Gasteiger partial charge >= 0.3 is 5.97 Å². The van der Waals surface area contributed by atoms with Crippen molar-refractivity contribution < 1.29 is 14.3 Å². The number of aliphatic imine (C=N–C) groups is 1. The van der Waals surface area contributed by atoms with Crippen molar-refractivity contribution in [2.75, 3.05) is 13.6 Å². The van der Waals surface area contributed by atoms with Crippen molar-refractivity contribution in [3.8, 4) is 17.4 Å². The lowest BCUT2D eigenvalue weighted by atomic mass is 10.0. The SMILES string of the molecule is CN1CCc2c(sc(N=Cc3ccc(-c4cccc(C(=O)O)c4)o3)c2C#N)C1. The molecule has 1 aliphatic heterocycles. The van der Waals surface area contributed by atoms with E-state index in [0.717, 1.165) is 25.1 Å². The number of rotatable bonds is 4. The number of nitrogens with zero attached hydrogens (tertiary/aromatic N) is 3. The summed E-state index contributed by atoms with van der Waals surface area (Å²) in [7, 11) is 2.07. The minimum Gasteiger partial charge on any atom is -0.478 e. The number of likely N-dealkylation sites (N-methyl/N-ethyl adjacent to an activating group) is 1. The molecule has 0 radical (unpaired) electrons. The number of benzene rings is 1. The molecule has 7 heteroatoms. The molecule has 4 rings (SSSR count). The highest BCUT2D eigenvalue weighted by Crippen LogP contribution is 2.38. The fraction of sp³-hybridized carbons (Fsp3) is 0.190. The first-order valence-electron chi connectivity index (χ1n) is 8.76. The molecule has 3 aromatic rings. The zero-order valence-corrected chi connectivity index (χ0v) is 16.0. The maximum Gasteiger partial charge on any atom is 0.335 e. The number of hydrogen-bond acceptors (Lipinski definition) is 6. The van der Waals surface area contributed by atoms with Crippen LogP contribution < -0.4 is 0 Å². The maximum atomic E-state index is 11.1. The van der Waals surface area contributed by atoms with Crippen LogP contribution in [0, 0.1) is 11.3 Å². The van der Waals surface area contributed by atoms with E-state index in [-0.39, 0.29) is 5.56 Å². The van der Waals surface area contributed by atoms with Crippen molar-refractivity contribution in [3.63, 3.8) is 0 Å². The molecule has 6 nitrogen and oxygen atoms in total. The van der Waals surface area contributed by atoms with E-state index in [1.165, 1.54) is 10.9 Å². The van der Waals surface area contributed by atoms with Crippen LogP contribution >= 0.6 is 11.3 Å². The smallest absolute Gasteiger partial charge is 0.335 e. The predicted octanol–water partition coefficient (Wildman–Crippen LogP) is 4.32. The molecule has 140 valence electrons. The van der Waals surface area contributed by atoms with Crippen LogP contribution in [-0.2, 0) is 13.0 Å². The molecule has 1 aliphatic rings. The standard InChI is InChI=1S/C21H17N3O3S/c1-24-8-7-16-17(10-22)20(28-19(16)12-24)23-11-15-5-6-18(27-15)13-3-2-4-14(9-13)21(25)26/h2-6,9,11H,7-8,12H2,1H3,(H,25,26). The third-order valence-corrected chi connectivity index (χ3v) is 5.80. The molecule has 0 spiro atoms. The number of thiophene rings is 1. The van der Waals surface area contributed by atoms with Crippen molar-refractivity contribution in [2.45, 2.75) is 13.0 Å². The first-order valence-corrected chi connectivity index (χ1v) is 9.57. The van der Waals surface area contributed by atoms with Gasteiger partial charge in [-0.1, -0.05) is 12.1 Å². The molecule has 28 heavy (non-hydrogen) atoms. The fourth-order valence-corrected chi connectivity index (χ4v) is 4.45. The van der Waals surface area contributed by atoms with Crippen LogP contribution in [0.15, 0.2) is 45.8 Å². The topological polar surface area (TPSA) is 89.8 Å². The van der Waals surface area contributed by atoms with E-state index in [2.05, 4.69) is 23.0 Å². The zero-order chi connectivity index (χ0) is 19.7. The van der Waals surface area contributed by atoms with Gasteiger partial charge in [0.1, 0.15) is 22.6 Å². The largest absolute Gasteiger partial charge is 0.478 e. The van der Waals surface area contributed by atoms with E-state index >= 15 is 0 Å². The minimum absolute atomic E-state index is 0.205. The van der Waals surface area contributed by atoms with Gasteiger partial charge in [0.15, 0.2) is 0 Å². The number of carboxylic acids is 1. The van der Waals surface area contributed by atoms with E-state index in [0.29, 0.717) is 27.6 Å². The predicted molar refractivity (Wildman–Crippen MR) is 107 cm³/mol. The van der Waals surface area contributed by atoms with Crippen LogP contribution in [0.3, 0.4) is 0 Å². The maximum absolute atomic E-state index is 11.1. The molecular weight excluding hydrogens is 374 g/mol. The Bertz CT molecular complexity index is 1120. The molecule has 0 aliphatic carbocycles. The molecule has 0 unspecified atom stereocenters. The monoisotopic (exact) mass is 391 g/mol. The van der Waals surface area contributed by atoms with Crippen molar-refractivity contribution in [3.05, 3.63) is 63.7 Å². The van der Waals surface area contributed by atoms with Gasteiger partial charge in [0.2, 0.25) is 0 Å². The molecule has 0 atom stereocenters. The van der Waals surface area contributed by atoms with Gasteiger partial charge in [-0.05, 0) is 43.3 Å². The second-order valence-corrected chi connectivity index (χ2v) is 7.71. The number of furan rings is 1. The highest BCUT2D eigenvalue weighted by atomic mass is 32.1. The summed E-state index contributed by atoms with van der Waals surface area (Å²) < 4.78 is 5.79. The van der Waals surface area contributed by atoms with E-state index in [4.69, 9.17) is 9.52 Å². The van der Waals surface area contributed by atoms with Gasteiger partial charge < -0.3 is 14.4 Å². The molecule has 0 fully saturated rings. The Morgan fingerprint density at radius 3 is 3.04 bits per heavy atom. The van der Waals surface area contributed by atoms with Gasteiger partial charge in [-0.3, -0.25) is 0 Å². The van der Waals surface area contributed by atoms with Crippen LogP contribution in [0.2, 0.25) is 0 Å². The fourth-order valence-electron chi connectivity index (χ4n) is 3.23. The number of hydrogen-bond donors (Lipinski definition) is 1. The average molecular weight is 391 g/mol. The molecule has 0 saturated carbocycles. The van der Waals surface area contributed by atoms with Crippen molar-refractivity contribution >= 4 is 28.5 Å². The molecule has 0 saturated heterocycles. The number of carbonyl (C=O) groups is 1. The van der Waals surface area contributed by atoms with Crippen molar-refractivity contribution in [1.82, 2.24) is 4.90 Å². The molecule has 1 aromatic carbocycles. The van der Waals surface area contributed by atoms with Gasteiger partial charge in [0.05, 0.1) is 17.3 Å². The Hall–Kier alpha value is -3.21. The highest BCUT2D eigenvalue weighted by Gasteiger charge is 2.22. The van der Waals surface area contributed by atoms with Crippen molar-refractivity contribution in [1.29, 1.82) is 5.26 Å². The van der Waals surface area contributed by atoms with Gasteiger partial charge in [-0.25, -0.2) is 9.79 Å². The third kappa shape index (κ3) is 3.48. The van der Waals surface area contributed by atoms with Crippen LogP contribution in [0.25, 0.3) is 11.3 Å². The first-order chi connectivity index (χ1) is 13.5. The molecule has 3 heterocycles. The minimum atomic E-state index is -0.980. The summed E-state index contributed by atoms with van der Waals surface area (Å²) >= 11 is 1.55. The number of aromatic carboxylic acids is 1. The highest BCUT2D eigenvalue weighted by molar-refractivity contribution is 7.16. The van der Waals surface area contributed by atoms with E-state index in [1.54, 1.807) is 47.9 Å². The van der Waals surface area contributed by atoms with Crippen LogP contribution in [0.4, 0.5) is 5.00 Å². The lowest BCUT2D eigenvalue weighted by Gasteiger charge is -2.21. The quantitative estimate of drug-likeness (QED) is 0.669. The summed E-state index contributed by atoms with van der Waals surface area (Å²) in [4.78, 5) is 19.1. The van der Waals surface area contributed by atoms with Crippen molar-refractivity contribution in [2.24, 2.45) is 4.99 Å². The third-order valence-electron chi connectivity index (χ3n) is 4.67. The van der Waals surface area contributed by atoms with Gasteiger partial charge in [-0.15, -0.1) is 11.3 Å². The summed E-state index contributed by atoms with van der Waals surface area (Å²) in [5.74, 6) is 0.131. The Morgan fingerprint density at radius 2 is 2.25 bits per heavy atom. The van der Waals surface area contributed by atoms with Crippen LogP contribution in [-0.4, -0.2) is 35.8 Å². The molecule has 0 bridgehead atoms. The second kappa shape index (κ2) is 7.43. The summed E-state index contributed by atoms with van der Waals surface area (Å²) in [6, 6.07) is 12.4. The second-order valence-electron chi connectivity index (χ2n) is 6.63. The Kier molecular flexibility index (Phi) is 4.82. The molecule has 0 amide bonds. The molecule has 2 aromatic heterocycles. The average Bonchev–Trinajstić information content (AvgIpc) is 3.30. The van der Waals surface area contributed by atoms with E-state index in [1.807, 2.05) is 0 Å². The number of carboxylic acid groups (broad SMARTS) is 1. The Morgan fingerprint density at radius 1 is 1.39 bits per heavy atom. The molecule has 1 N–H and O–H groups in total. The summed E-state index contributed by atoms with van der Waals surface area (Å²) in [5.41, 5.74) is 2.66. The van der Waals surface area contributed by atoms with Gasteiger partial charge in [0.25, 0.3) is 0 Å². The molecular formula is C21H17N3O3S. The van der Waals surface area contributed by atoms with E-state index < -0.39 is 5.97 Å². The lowest BCUT2D eigenvalue weighted by molar-refractivity contribution is 0.0697. The summed E-state index contributed by atoms with van der Waals surface area (Å²) in [6.45, 7) is 1.79. The van der Waals surface area contributed by atoms with Crippen LogP contribution in [0.5, 0.6) is 0 Å². The summed E-state index contributed by atoms with van der Waals surface area (Å²) in [5, 5.41) is 19.4. The Balaban J connectivity index is 1.60. The number of fused-ring (bicyclic) bond motifs is 1. The Labute approximate surface area is 166 Å². The normalized spacial score (nSPS) is 14.1. The first kappa shape index (κ1) is 18.2. The van der Waals surface area contributed by atoms with Crippen LogP contribution in [0.1, 0.15) is 32.1 Å². The van der Waals surface area contributed by atoms with E-state index in [9.17, 15) is 10.1 Å². The number of nitriles is 1. The zero-order valence-electron chi connectivity index (χ0n) is 15.2. The van der Waals surface area contributed by atoms with Gasteiger partial charge in [-0.2, -0.15) is 5.26 Å². The summed E-state index contributed by atoms with van der Waals surface area (Å²) in [6.07, 6.45) is 2.47.